The van der Waals surface area contributed by atoms with E-state index in [4.69, 9.17) is 9.84 Å². The maximum Gasteiger partial charge on any atom is 0.341 e. The van der Waals surface area contributed by atoms with Gasteiger partial charge in [0.1, 0.15) is 11.8 Å². The Kier molecular flexibility index (Phi) is 5.35. The maximum absolute atomic E-state index is 12.4. The summed E-state index contributed by atoms with van der Waals surface area (Å²) < 4.78 is 6.68. The Morgan fingerprint density at radius 2 is 2.04 bits per heavy atom. The van der Waals surface area contributed by atoms with Crippen molar-refractivity contribution in [2.45, 2.75) is 19.5 Å². The van der Waals surface area contributed by atoms with Crippen molar-refractivity contribution < 1.29 is 19.4 Å². The van der Waals surface area contributed by atoms with Crippen molar-refractivity contribution in [3.05, 3.63) is 48.3 Å². The summed E-state index contributed by atoms with van der Waals surface area (Å²) in [5, 5.41) is 12.6. The summed E-state index contributed by atoms with van der Waals surface area (Å²) in [6.45, 7) is 1.87. The van der Waals surface area contributed by atoms with Gasteiger partial charge in [0.05, 0.1) is 0 Å². The van der Waals surface area contributed by atoms with Gasteiger partial charge in [-0.2, -0.15) is 5.10 Å². The predicted octanol–water partition coefficient (Wildman–Crippen LogP) is 1.57. The zero-order valence-corrected chi connectivity index (χ0v) is 13.0. The second-order valence-electron chi connectivity index (χ2n) is 5.18. The molecule has 0 saturated heterocycles. The molecule has 1 unspecified atom stereocenters. The smallest absolute Gasteiger partial charge is 0.341 e. The third kappa shape index (κ3) is 4.57. The van der Waals surface area contributed by atoms with E-state index in [9.17, 15) is 9.59 Å². The SMILES string of the molecule is CC(C(=O)N(C)Cc1ccc(OCC(=O)O)cc1)n1cccn1. The third-order valence-electron chi connectivity index (χ3n) is 3.36. The van der Waals surface area contributed by atoms with Crippen LogP contribution >= 0.6 is 0 Å². The van der Waals surface area contributed by atoms with Gasteiger partial charge < -0.3 is 14.7 Å². The molecule has 0 aliphatic rings. The molecule has 7 nitrogen and oxygen atoms in total. The van der Waals surface area contributed by atoms with Gasteiger partial charge in [-0.05, 0) is 30.7 Å². The van der Waals surface area contributed by atoms with E-state index >= 15 is 0 Å². The fourth-order valence-electron chi connectivity index (χ4n) is 2.13. The van der Waals surface area contributed by atoms with Crippen LogP contribution in [-0.2, 0) is 16.1 Å². The van der Waals surface area contributed by atoms with Gasteiger partial charge in [0.2, 0.25) is 5.91 Å². The number of carbonyl (C=O) groups is 2. The molecule has 7 heteroatoms. The van der Waals surface area contributed by atoms with Crippen LogP contribution in [0.4, 0.5) is 0 Å². The average Bonchev–Trinajstić information content (AvgIpc) is 3.07. The molecule has 1 atom stereocenters. The van der Waals surface area contributed by atoms with Gasteiger partial charge in [-0.25, -0.2) is 4.79 Å². The van der Waals surface area contributed by atoms with Gasteiger partial charge >= 0.3 is 5.97 Å². The molecule has 0 saturated carbocycles. The largest absolute Gasteiger partial charge is 0.482 e. The first-order valence-corrected chi connectivity index (χ1v) is 7.15. The van der Waals surface area contributed by atoms with Crippen LogP contribution in [0, 0.1) is 0 Å². The molecule has 1 N–H and O–H groups in total. The van der Waals surface area contributed by atoms with Crippen LogP contribution in [0.25, 0.3) is 0 Å². The lowest BCUT2D eigenvalue weighted by molar-refractivity contribution is -0.139. The van der Waals surface area contributed by atoms with E-state index in [1.165, 1.54) is 0 Å². The van der Waals surface area contributed by atoms with E-state index < -0.39 is 5.97 Å². The Balaban J connectivity index is 1.93. The van der Waals surface area contributed by atoms with Crippen molar-refractivity contribution >= 4 is 11.9 Å². The van der Waals surface area contributed by atoms with Crippen molar-refractivity contribution in [3.8, 4) is 5.75 Å². The Labute approximate surface area is 134 Å². The fraction of sp³-hybridized carbons (Fsp3) is 0.312. The molecule has 1 aromatic heterocycles. The van der Waals surface area contributed by atoms with Gasteiger partial charge in [-0.3, -0.25) is 9.48 Å². The van der Waals surface area contributed by atoms with Gasteiger partial charge in [-0.1, -0.05) is 12.1 Å². The second-order valence-corrected chi connectivity index (χ2v) is 5.18. The summed E-state index contributed by atoms with van der Waals surface area (Å²) in [5.74, 6) is -0.582. The summed E-state index contributed by atoms with van der Waals surface area (Å²) in [6.07, 6.45) is 3.39. The topological polar surface area (TPSA) is 84.7 Å². The Hall–Kier alpha value is -2.83. The predicted molar refractivity (Wildman–Crippen MR) is 83.0 cm³/mol. The van der Waals surface area contributed by atoms with Crippen molar-refractivity contribution in [1.82, 2.24) is 14.7 Å². The molecule has 2 rings (SSSR count). The van der Waals surface area contributed by atoms with Gasteiger partial charge in [0, 0.05) is 26.0 Å². The summed E-state index contributed by atoms with van der Waals surface area (Å²) in [4.78, 5) is 24.4. The number of nitrogens with zero attached hydrogens (tertiary/aromatic N) is 3. The fourth-order valence-corrected chi connectivity index (χ4v) is 2.13. The number of carbonyl (C=O) groups excluding carboxylic acids is 1. The Morgan fingerprint density at radius 3 is 2.61 bits per heavy atom. The molecule has 0 fully saturated rings. The number of ether oxygens (including phenoxy) is 1. The molecule has 1 amide bonds. The quantitative estimate of drug-likeness (QED) is 0.838. The number of hydrogen-bond donors (Lipinski definition) is 1. The lowest BCUT2D eigenvalue weighted by Gasteiger charge is -2.21. The summed E-state index contributed by atoms with van der Waals surface area (Å²) >= 11 is 0. The minimum atomic E-state index is -1.02. The molecular weight excluding hydrogens is 298 g/mol. The van der Waals surface area contributed by atoms with Gasteiger partial charge in [0.15, 0.2) is 6.61 Å². The van der Waals surface area contributed by atoms with Crippen LogP contribution < -0.4 is 4.74 Å². The molecule has 1 aromatic carbocycles. The highest BCUT2D eigenvalue weighted by atomic mass is 16.5. The van der Waals surface area contributed by atoms with E-state index in [1.54, 1.807) is 66.3 Å². The lowest BCUT2D eigenvalue weighted by atomic mass is 10.2. The molecule has 1 heterocycles. The first-order chi connectivity index (χ1) is 11.0. The molecule has 0 spiro atoms. The van der Waals surface area contributed by atoms with E-state index in [1.807, 2.05) is 0 Å². The minimum Gasteiger partial charge on any atom is -0.482 e. The zero-order chi connectivity index (χ0) is 16.8. The molecule has 0 radical (unpaired) electrons. The highest BCUT2D eigenvalue weighted by molar-refractivity contribution is 5.79. The standard InChI is InChI=1S/C16H19N3O4/c1-12(19-9-3-8-17-19)16(22)18(2)10-13-4-6-14(7-5-13)23-11-15(20)21/h3-9,12H,10-11H2,1-2H3,(H,20,21). The van der Waals surface area contributed by atoms with E-state index in [2.05, 4.69) is 5.10 Å². The normalized spacial score (nSPS) is 11.7. The summed E-state index contributed by atoms with van der Waals surface area (Å²) in [5.41, 5.74) is 0.927. The molecule has 0 bridgehead atoms. The van der Waals surface area contributed by atoms with Crippen LogP contribution in [0.15, 0.2) is 42.7 Å². The number of hydrogen-bond acceptors (Lipinski definition) is 4. The number of carboxylic acid groups (broad SMARTS) is 1. The van der Waals surface area contributed by atoms with Crippen molar-refractivity contribution in [2.75, 3.05) is 13.7 Å². The number of aliphatic carboxylic acids is 1. The third-order valence-corrected chi connectivity index (χ3v) is 3.36. The lowest BCUT2D eigenvalue weighted by Crippen LogP contribution is -2.32. The molecule has 122 valence electrons. The van der Waals surface area contributed by atoms with Crippen LogP contribution in [0.2, 0.25) is 0 Å². The minimum absolute atomic E-state index is 0.0418. The number of aromatic nitrogens is 2. The van der Waals surface area contributed by atoms with Crippen LogP contribution in [0.5, 0.6) is 5.75 Å². The Bertz CT molecular complexity index is 652. The first kappa shape index (κ1) is 16.5. The molecule has 2 aromatic rings. The molecule has 23 heavy (non-hydrogen) atoms. The number of amides is 1. The highest BCUT2D eigenvalue weighted by Gasteiger charge is 2.19. The Morgan fingerprint density at radius 1 is 1.35 bits per heavy atom. The van der Waals surface area contributed by atoms with E-state index in [0.29, 0.717) is 12.3 Å². The van der Waals surface area contributed by atoms with Crippen molar-refractivity contribution in [3.63, 3.8) is 0 Å². The van der Waals surface area contributed by atoms with E-state index in [-0.39, 0.29) is 18.6 Å². The summed E-state index contributed by atoms with van der Waals surface area (Å²) in [7, 11) is 1.73. The van der Waals surface area contributed by atoms with Crippen molar-refractivity contribution in [2.24, 2.45) is 0 Å². The van der Waals surface area contributed by atoms with Gasteiger partial charge in [0.25, 0.3) is 0 Å². The zero-order valence-electron chi connectivity index (χ0n) is 13.0. The number of carboxylic acids is 1. The number of likely N-dealkylation sites (N-methyl/N-ethyl adjacent to an activating group) is 1. The summed E-state index contributed by atoms with van der Waals surface area (Å²) in [6, 6.07) is 8.40. The maximum atomic E-state index is 12.4. The first-order valence-electron chi connectivity index (χ1n) is 7.15. The second kappa shape index (κ2) is 7.44. The molecule has 0 aliphatic heterocycles. The number of benzene rings is 1. The van der Waals surface area contributed by atoms with Crippen LogP contribution in [0.3, 0.4) is 0 Å². The van der Waals surface area contributed by atoms with Crippen LogP contribution in [0.1, 0.15) is 18.5 Å². The number of rotatable bonds is 7. The highest BCUT2D eigenvalue weighted by Crippen LogP contribution is 2.15. The van der Waals surface area contributed by atoms with Crippen LogP contribution in [-0.4, -0.2) is 45.3 Å². The van der Waals surface area contributed by atoms with Crippen molar-refractivity contribution in [1.29, 1.82) is 0 Å². The van der Waals surface area contributed by atoms with E-state index in [0.717, 1.165) is 5.56 Å². The molecule has 0 aliphatic carbocycles. The average molecular weight is 317 g/mol. The molecular formula is C16H19N3O4. The van der Waals surface area contributed by atoms with Gasteiger partial charge in [-0.15, -0.1) is 0 Å². The monoisotopic (exact) mass is 317 g/mol.